The second-order valence-electron chi connectivity index (χ2n) is 9.30. The molecule has 37 heavy (non-hydrogen) atoms. The van der Waals surface area contributed by atoms with Crippen LogP contribution in [0.4, 0.5) is 4.39 Å². The third-order valence-corrected chi connectivity index (χ3v) is 6.94. The van der Waals surface area contributed by atoms with E-state index in [1.54, 1.807) is 30.3 Å². The summed E-state index contributed by atoms with van der Waals surface area (Å²) in [6, 6.07) is 18.3. The maximum absolute atomic E-state index is 14.7. The first-order valence-electron chi connectivity index (χ1n) is 12.5. The number of amides is 2. The van der Waals surface area contributed by atoms with E-state index in [1.165, 1.54) is 11.0 Å². The van der Waals surface area contributed by atoms with Crippen molar-refractivity contribution in [1.29, 1.82) is 0 Å². The van der Waals surface area contributed by atoms with Gasteiger partial charge in [0.1, 0.15) is 17.6 Å². The van der Waals surface area contributed by atoms with Crippen molar-refractivity contribution in [2.24, 2.45) is 0 Å². The lowest BCUT2D eigenvalue weighted by Crippen LogP contribution is -2.53. The van der Waals surface area contributed by atoms with Crippen molar-refractivity contribution in [1.82, 2.24) is 10.2 Å². The molecule has 0 fully saturated rings. The third-order valence-electron chi connectivity index (χ3n) is 6.34. The number of nitrogens with zero attached hydrogens (tertiary/aromatic N) is 1. The molecule has 0 heterocycles. The van der Waals surface area contributed by atoms with Crippen LogP contribution < -0.4 is 10.1 Å². The normalized spacial score (nSPS) is 12.5. The summed E-state index contributed by atoms with van der Waals surface area (Å²) in [6.07, 6.45) is 1.02. The summed E-state index contributed by atoms with van der Waals surface area (Å²) in [4.78, 5) is 28.5. The minimum atomic E-state index is -0.860. The topological polar surface area (TPSA) is 58.6 Å². The SMILES string of the molecule is CC[C@@H](C)NC(=O)[C@@H](Cc1ccccc1)N(Cc1ccccc1F)C(=O)COc1cc(C)c(Cl)c(C)c1. The van der Waals surface area contributed by atoms with Crippen LogP contribution in [0, 0.1) is 19.7 Å². The Morgan fingerprint density at radius 1 is 1.03 bits per heavy atom. The number of hydrogen-bond acceptors (Lipinski definition) is 3. The summed E-state index contributed by atoms with van der Waals surface area (Å²) >= 11 is 6.26. The summed E-state index contributed by atoms with van der Waals surface area (Å²) in [5.74, 6) is -0.650. The van der Waals surface area contributed by atoms with Crippen molar-refractivity contribution in [2.75, 3.05) is 6.61 Å². The van der Waals surface area contributed by atoms with E-state index in [0.29, 0.717) is 16.3 Å². The molecule has 0 saturated carbocycles. The van der Waals surface area contributed by atoms with Crippen molar-refractivity contribution in [2.45, 2.75) is 59.2 Å². The Kier molecular flexibility index (Phi) is 10.1. The average molecular weight is 525 g/mol. The number of aryl methyl sites for hydroxylation is 2. The van der Waals surface area contributed by atoms with Crippen LogP contribution >= 0.6 is 11.6 Å². The standard InChI is InChI=1S/C30H34ClFN2O3/c1-5-22(4)33-30(36)27(17-23-11-7-6-8-12-23)34(18-24-13-9-10-14-26(24)32)28(35)19-37-25-15-20(2)29(31)21(3)16-25/h6-16,22,27H,5,17-19H2,1-4H3,(H,33,36)/t22-,27-/m1/s1. The first-order chi connectivity index (χ1) is 17.7. The molecular formula is C30H34ClFN2O3. The monoisotopic (exact) mass is 524 g/mol. The van der Waals surface area contributed by atoms with E-state index in [-0.39, 0.29) is 31.5 Å². The van der Waals surface area contributed by atoms with E-state index >= 15 is 0 Å². The Bertz CT molecular complexity index is 1200. The van der Waals surface area contributed by atoms with Gasteiger partial charge in [0, 0.05) is 29.6 Å². The number of ether oxygens (including phenoxy) is 1. The van der Waals surface area contributed by atoms with Gasteiger partial charge in [-0.2, -0.15) is 0 Å². The van der Waals surface area contributed by atoms with Crippen molar-refractivity contribution in [3.63, 3.8) is 0 Å². The molecule has 0 spiro atoms. The number of carbonyl (C=O) groups is 2. The van der Waals surface area contributed by atoms with E-state index in [0.717, 1.165) is 23.1 Å². The smallest absolute Gasteiger partial charge is 0.261 e. The first kappa shape index (κ1) is 28.2. The molecular weight excluding hydrogens is 491 g/mol. The highest BCUT2D eigenvalue weighted by Crippen LogP contribution is 2.26. The van der Waals surface area contributed by atoms with Gasteiger partial charge in [-0.25, -0.2) is 4.39 Å². The molecule has 0 saturated heterocycles. The lowest BCUT2D eigenvalue weighted by atomic mass is 10.0. The Hall–Kier alpha value is -3.38. The Labute approximate surface area is 223 Å². The fraction of sp³-hybridized carbons (Fsp3) is 0.333. The molecule has 3 aromatic carbocycles. The fourth-order valence-electron chi connectivity index (χ4n) is 4.02. The maximum Gasteiger partial charge on any atom is 0.261 e. The molecule has 7 heteroatoms. The molecule has 0 radical (unpaired) electrons. The van der Waals surface area contributed by atoms with Crippen LogP contribution in [0.1, 0.15) is 42.5 Å². The van der Waals surface area contributed by atoms with Crippen LogP contribution in [0.25, 0.3) is 0 Å². The lowest BCUT2D eigenvalue weighted by Gasteiger charge is -2.32. The van der Waals surface area contributed by atoms with Gasteiger partial charge in [0.2, 0.25) is 5.91 Å². The number of carbonyl (C=O) groups excluding carboxylic acids is 2. The van der Waals surface area contributed by atoms with Gasteiger partial charge in [0.15, 0.2) is 6.61 Å². The van der Waals surface area contributed by atoms with Crippen molar-refractivity contribution >= 4 is 23.4 Å². The minimum absolute atomic E-state index is 0.0705. The summed E-state index contributed by atoms with van der Waals surface area (Å²) in [5.41, 5.74) is 2.89. The van der Waals surface area contributed by atoms with E-state index in [2.05, 4.69) is 5.32 Å². The predicted octanol–water partition coefficient (Wildman–Crippen LogP) is 6.03. The molecule has 0 aliphatic heterocycles. The zero-order valence-corrected chi connectivity index (χ0v) is 22.5. The van der Waals surface area contributed by atoms with Gasteiger partial charge in [-0.15, -0.1) is 0 Å². The second-order valence-corrected chi connectivity index (χ2v) is 9.67. The molecule has 3 rings (SSSR count). The van der Waals surface area contributed by atoms with E-state index in [4.69, 9.17) is 16.3 Å². The lowest BCUT2D eigenvalue weighted by molar-refractivity contribution is -0.143. The van der Waals surface area contributed by atoms with Gasteiger partial charge in [-0.1, -0.05) is 67.1 Å². The molecule has 0 unspecified atom stereocenters. The molecule has 2 amide bonds. The average Bonchev–Trinajstić information content (AvgIpc) is 2.89. The molecule has 0 bridgehead atoms. The number of hydrogen-bond donors (Lipinski definition) is 1. The number of nitrogens with one attached hydrogen (secondary N) is 1. The van der Waals surface area contributed by atoms with Crippen molar-refractivity contribution in [3.05, 3.63) is 99.8 Å². The van der Waals surface area contributed by atoms with E-state index in [9.17, 15) is 14.0 Å². The predicted molar refractivity (Wildman–Crippen MR) is 145 cm³/mol. The van der Waals surface area contributed by atoms with Gasteiger partial charge in [-0.05, 0) is 62.1 Å². The minimum Gasteiger partial charge on any atom is -0.484 e. The van der Waals surface area contributed by atoms with Crippen LogP contribution in [0.2, 0.25) is 5.02 Å². The molecule has 0 aliphatic rings. The highest BCUT2D eigenvalue weighted by Gasteiger charge is 2.31. The number of rotatable bonds is 11. The quantitative estimate of drug-likeness (QED) is 0.333. The Morgan fingerprint density at radius 3 is 2.27 bits per heavy atom. The van der Waals surface area contributed by atoms with Crippen LogP contribution in [-0.2, 0) is 22.6 Å². The molecule has 196 valence electrons. The molecule has 5 nitrogen and oxygen atoms in total. The molecule has 0 aromatic heterocycles. The largest absolute Gasteiger partial charge is 0.484 e. The number of benzene rings is 3. The highest BCUT2D eigenvalue weighted by atomic mass is 35.5. The molecule has 1 N–H and O–H groups in total. The molecule has 0 aliphatic carbocycles. The van der Waals surface area contributed by atoms with Gasteiger partial charge >= 0.3 is 0 Å². The highest BCUT2D eigenvalue weighted by molar-refractivity contribution is 6.32. The second kappa shape index (κ2) is 13.2. The first-order valence-corrected chi connectivity index (χ1v) is 12.8. The van der Waals surface area contributed by atoms with Crippen LogP contribution in [0.15, 0.2) is 66.7 Å². The Morgan fingerprint density at radius 2 is 1.65 bits per heavy atom. The maximum atomic E-state index is 14.7. The molecule has 2 atom stereocenters. The van der Waals surface area contributed by atoms with E-state index in [1.807, 2.05) is 58.0 Å². The van der Waals surface area contributed by atoms with Crippen LogP contribution in [-0.4, -0.2) is 35.4 Å². The summed E-state index contributed by atoms with van der Waals surface area (Å²) in [5, 5.41) is 3.64. The van der Waals surface area contributed by atoms with Gasteiger partial charge in [-0.3, -0.25) is 9.59 Å². The summed E-state index contributed by atoms with van der Waals surface area (Å²) < 4.78 is 20.5. The zero-order chi connectivity index (χ0) is 26.9. The zero-order valence-electron chi connectivity index (χ0n) is 21.8. The molecule has 3 aromatic rings. The van der Waals surface area contributed by atoms with E-state index < -0.39 is 17.8 Å². The summed E-state index contributed by atoms with van der Waals surface area (Å²) in [7, 11) is 0. The fourth-order valence-corrected chi connectivity index (χ4v) is 4.13. The number of halogens is 2. The van der Waals surface area contributed by atoms with Crippen LogP contribution in [0.5, 0.6) is 5.75 Å². The van der Waals surface area contributed by atoms with Crippen LogP contribution in [0.3, 0.4) is 0 Å². The summed E-state index contributed by atoms with van der Waals surface area (Å²) in [6.45, 7) is 7.24. The van der Waals surface area contributed by atoms with Gasteiger partial charge in [0.25, 0.3) is 5.91 Å². The van der Waals surface area contributed by atoms with Crippen molar-refractivity contribution < 1.29 is 18.7 Å². The van der Waals surface area contributed by atoms with Gasteiger partial charge < -0.3 is 15.0 Å². The van der Waals surface area contributed by atoms with Crippen molar-refractivity contribution in [3.8, 4) is 5.75 Å². The Balaban J connectivity index is 1.94. The van der Waals surface area contributed by atoms with Gasteiger partial charge in [0.05, 0.1) is 0 Å². The third kappa shape index (κ3) is 7.80.